The number of aliphatic carboxylic acids is 1. The number of hydrogen-bond acceptors (Lipinski definition) is 4. The predicted molar refractivity (Wildman–Crippen MR) is 74.2 cm³/mol. The molecular weight excluding hydrogens is 307 g/mol. The van der Waals surface area contributed by atoms with Crippen LogP contribution >= 0.6 is 23.2 Å². The van der Waals surface area contributed by atoms with E-state index in [4.69, 9.17) is 37.8 Å². The number of carboxylic acids is 1. The minimum absolute atomic E-state index is 0.0949. The topological polar surface area (TPSA) is 72.8 Å². The summed E-state index contributed by atoms with van der Waals surface area (Å²) in [6.45, 7) is 1.88. The van der Waals surface area contributed by atoms with Crippen molar-refractivity contribution in [3.05, 3.63) is 30.3 Å². The first-order chi connectivity index (χ1) is 9.39. The molecule has 1 aromatic rings. The highest BCUT2D eigenvalue weighted by Gasteiger charge is 2.50. The van der Waals surface area contributed by atoms with E-state index in [-0.39, 0.29) is 12.4 Å². The van der Waals surface area contributed by atoms with Crippen molar-refractivity contribution in [2.24, 2.45) is 0 Å². The van der Waals surface area contributed by atoms with Gasteiger partial charge in [0.15, 0.2) is 0 Å². The van der Waals surface area contributed by atoms with E-state index in [0.29, 0.717) is 6.42 Å². The van der Waals surface area contributed by atoms with Gasteiger partial charge in [-0.15, -0.1) is 0 Å². The van der Waals surface area contributed by atoms with E-state index in [1.807, 2.05) is 0 Å². The van der Waals surface area contributed by atoms with Crippen LogP contribution < -0.4 is 4.74 Å². The number of benzene rings is 1. The summed E-state index contributed by atoms with van der Waals surface area (Å²) in [5, 5.41) is 9.14. The number of carbonyl (C=O) groups is 2. The number of ether oxygens (including phenoxy) is 2. The van der Waals surface area contributed by atoms with Gasteiger partial charge in [-0.2, -0.15) is 0 Å². The smallest absolute Gasteiger partial charge is 0.348 e. The molecule has 110 valence electrons. The Hall–Kier alpha value is -1.46. The van der Waals surface area contributed by atoms with E-state index in [9.17, 15) is 9.59 Å². The number of para-hydroxylation sites is 1. The minimum atomic E-state index is -2.34. The molecule has 0 radical (unpaired) electrons. The maximum atomic E-state index is 11.7. The van der Waals surface area contributed by atoms with Gasteiger partial charge in [0.2, 0.25) is 6.10 Å². The van der Waals surface area contributed by atoms with Crippen LogP contribution in [0.1, 0.15) is 13.3 Å². The fraction of sp³-hybridized carbons (Fsp3) is 0.385. The highest BCUT2D eigenvalue weighted by molar-refractivity contribution is 6.59. The number of carboxylic acid groups (broad SMARTS) is 1. The van der Waals surface area contributed by atoms with E-state index < -0.39 is 22.4 Å². The molecule has 20 heavy (non-hydrogen) atoms. The molecule has 0 amide bonds. The summed E-state index contributed by atoms with van der Waals surface area (Å²) in [5.41, 5.74) is 0. The molecule has 0 aliphatic rings. The van der Waals surface area contributed by atoms with Crippen molar-refractivity contribution in [1.82, 2.24) is 0 Å². The summed E-state index contributed by atoms with van der Waals surface area (Å²) in [5.74, 6) is -2.29. The molecule has 0 saturated heterocycles. The Morgan fingerprint density at radius 1 is 1.30 bits per heavy atom. The maximum Gasteiger partial charge on any atom is 0.348 e. The highest BCUT2D eigenvalue weighted by Crippen LogP contribution is 2.31. The van der Waals surface area contributed by atoms with Gasteiger partial charge in [0.05, 0.1) is 6.61 Å². The Balaban J connectivity index is 2.89. The fourth-order valence-corrected chi connectivity index (χ4v) is 1.70. The van der Waals surface area contributed by atoms with Crippen molar-refractivity contribution in [2.45, 2.75) is 23.8 Å². The average Bonchev–Trinajstić information content (AvgIpc) is 2.42. The summed E-state index contributed by atoms with van der Waals surface area (Å²) >= 11 is 11.6. The molecule has 7 heteroatoms. The van der Waals surface area contributed by atoms with E-state index >= 15 is 0 Å². The Kier molecular flexibility index (Phi) is 6.10. The lowest BCUT2D eigenvalue weighted by atomic mass is 10.2. The quantitative estimate of drug-likeness (QED) is 0.617. The molecule has 0 saturated carbocycles. The third-order valence-corrected chi connectivity index (χ3v) is 2.97. The molecule has 0 aliphatic heterocycles. The Morgan fingerprint density at radius 3 is 2.40 bits per heavy atom. The molecule has 0 aliphatic carbocycles. The monoisotopic (exact) mass is 320 g/mol. The first-order valence-corrected chi connectivity index (χ1v) is 6.64. The molecule has 0 spiro atoms. The Bertz CT molecular complexity index is 461. The van der Waals surface area contributed by atoms with Crippen LogP contribution in [-0.2, 0) is 14.3 Å². The van der Waals surface area contributed by atoms with Gasteiger partial charge in [-0.1, -0.05) is 48.3 Å². The normalized spacial score (nSPS) is 12.6. The van der Waals surface area contributed by atoms with Crippen LogP contribution in [0.2, 0.25) is 0 Å². The zero-order chi connectivity index (χ0) is 15.2. The zero-order valence-electron chi connectivity index (χ0n) is 10.7. The number of esters is 1. The van der Waals surface area contributed by atoms with Crippen LogP contribution in [0.4, 0.5) is 0 Å². The minimum Gasteiger partial charge on any atom is -0.478 e. The van der Waals surface area contributed by atoms with Crippen LogP contribution in [-0.4, -0.2) is 34.1 Å². The van der Waals surface area contributed by atoms with Gasteiger partial charge in [-0.3, -0.25) is 0 Å². The summed E-state index contributed by atoms with van der Waals surface area (Å²) in [7, 11) is 0. The molecule has 1 atom stereocenters. The van der Waals surface area contributed by atoms with Crippen LogP contribution in [0.3, 0.4) is 0 Å². The molecule has 1 rings (SSSR count). The van der Waals surface area contributed by atoms with Crippen LogP contribution in [0, 0.1) is 0 Å². The van der Waals surface area contributed by atoms with Gasteiger partial charge in [0.25, 0.3) is 4.33 Å². The number of alkyl halides is 2. The third kappa shape index (κ3) is 4.28. The van der Waals surface area contributed by atoms with Crippen molar-refractivity contribution < 1.29 is 24.2 Å². The van der Waals surface area contributed by atoms with Gasteiger partial charge in [0, 0.05) is 0 Å². The number of halogens is 2. The van der Waals surface area contributed by atoms with Crippen molar-refractivity contribution in [2.75, 3.05) is 6.61 Å². The lowest BCUT2D eigenvalue weighted by molar-refractivity contribution is -0.155. The van der Waals surface area contributed by atoms with E-state index in [0.717, 1.165) is 0 Å². The van der Waals surface area contributed by atoms with Crippen LogP contribution in [0.15, 0.2) is 30.3 Å². The van der Waals surface area contributed by atoms with E-state index in [2.05, 4.69) is 0 Å². The van der Waals surface area contributed by atoms with Crippen molar-refractivity contribution in [3.63, 3.8) is 0 Å². The first-order valence-electron chi connectivity index (χ1n) is 5.89. The lowest BCUT2D eigenvalue weighted by Crippen LogP contribution is -2.49. The lowest BCUT2D eigenvalue weighted by Gasteiger charge is -2.25. The fourth-order valence-electron chi connectivity index (χ4n) is 1.31. The largest absolute Gasteiger partial charge is 0.478 e. The molecule has 0 bridgehead atoms. The van der Waals surface area contributed by atoms with Crippen molar-refractivity contribution in [1.29, 1.82) is 0 Å². The second kappa shape index (κ2) is 7.36. The molecule has 1 N–H and O–H groups in total. The molecule has 1 aromatic carbocycles. The molecular formula is C13H14Cl2O5. The zero-order valence-corrected chi connectivity index (χ0v) is 12.2. The summed E-state index contributed by atoms with van der Waals surface area (Å²) < 4.78 is 7.62. The highest BCUT2D eigenvalue weighted by atomic mass is 35.5. The second-order valence-corrected chi connectivity index (χ2v) is 5.29. The predicted octanol–water partition coefficient (Wildman–Crippen LogP) is 2.65. The third-order valence-electron chi connectivity index (χ3n) is 2.26. The molecule has 1 unspecified atom stereocenters. The molecule has 5 nitrogen and oxygen atoms in total. The number of hydrogen-bond donors (Lipinski definition) is 1. The van der Waals surface area contributed by atoms with E-state index in [1.165, 1.54) is 12.1 Å². The maximum absolute atomic E-state index is 11.7. The van der Waals surface area contributed by atoms with Gasteiger partial charge in [-0.05, 0) is 18.6 Å². The van der Waals surface area contributed by atoms with Crippen molar-refractivity contribution in [3.8, 4) is 5.75 Å². The molecule has 0 heterocycles. The molecule has 0 aromatic heterocycles. The van der Waals surface area contributed by atoms with Gasteiger partial charge in [-0.25, -0.2) is 9.59 Å². The van der Waals surface area contributed by atoms with Gasteiger partial charge >= 0.3 is 11.9 Å². The Morgan fingerprint density at radius 2 is 1.90 bits per heavy atom. The number of rotatable bonds is 7. The summed E-state index contributed by atoms with van der Waals surface area (Å²) in [6, 6.07) is 8.07. The van der Waals surface area contributed by atoms with Gasteiger partial charge in [0.1, 0.15) is 5.75 Å². The average molecular weight is 321 g/mol. The summed E-state index contributed by atoms with van der Waals surface area (Å²) in [4.78, 5) is 23.0. The van der Waals surface area contributed by atoms with E-state index in [1.54, 1.807) is 25.1 Å². The van der Waals surface area contributed by atoms with Crippen molar-refractivity contribution >= 4 is 35.1 Å². The summed E-state index contributed by atoms with van der Waals surface area (Å²) in [6.07, 6.45) is -1.22. The SMILES string of the molecule is CCCOC(=O)C(Cl)(Cl)C(Oc1ccccc1)C(=O)O. The standard InChI is InChI=1S/C13H14Cl2O5/c1-2-8-19-12(18)13(14,15)10(11(16)17)20-9-6-4-3-5-7-9/h3-7,10H,2,8H2,1H3,(H,16,17). The van der Waals surface area contributed by atoms with Crippen LogP contribution in [0.25, 0.3) is 0 Å². The molecule has 0 fully saturated rings. The van der Waals surface area contributed by atoms with Gasteiger partial charge < -0.3 is 14.6 Å². The number of carbonyl (C=O) groups excluding carboxylic acids is 1. The van der Waals surface area contributed by atoms with Crippen LogP contribution in [0.5, 0.6) is 5.75 Å². The Labute approximate surface area is 126 Å². The first kappa shape index (κ1) is 16.6. The second-order valence-electron chi connectivity index (χ2n) is 3.91.